The van der Waals surface area contributed by atoms with Crippen molar-refractivity contribution in [3.63, 3.8) is 0 Å². The van der Waals surface area contributed by atoms with Crippen molar-refractivity contribution in [2.24, 2.45) is 5.92 Å². The van der Waals surface area contributed by atoms with Crippen molar-refractivity contribution in [3.8, 4) is 0 Å². The zero-order valence-electron chi connectivity index (χ0n) is 11.2. The summed E-state index contributed by atoms with van der Waals surface area (Å²) in [4.78, 5) is 2.56. The maximum absolute atomic E-state index is 3.62. The standard InChI is InChI=1S/C14H29N3/c1-2-4-14(5-3-1)6-7-15-8-11-17-12-9-16-10-13-17/h14-16H,1-13H2. The Morgan fingerprint density at radius 1 is 1.00 bits per heavy atom. The Kier molecular flexibility index (Phi) is 6.32. The number of hydrogen-bond acceptors (Lipinski definition) is 3. The zero-order valence-corrected chi connectivity index (χ0v) is 11.2. The fourth-order valence-corrected chi connectivity index (χ4v) is 3.08. The maximum Gasteiger partial charge on any atom is 0.0108 e. The summed E-state index contributed by atoms with van der Waals surface area (Å²) in [6.07, 6.45) is 8.81. The normalized spacial score (nSPS) is 24.0. The van der Waals surface area contributed by atoms with Gasteiger partial charge in [0.1, 0.15) is 0 Å². The van der Waals surface area contributed by atoms with Gasteiger partial charge in [-0.1, -0.05) is 32.1 Å². The van der Waals surface area contributed by atoms with E-state index in [2.05, 4.69) is 15.5 Å². The molecule has 0 spiro atoms. The maximum atomic E-state index is 3.62. The second kappa shape index (κ2) is 8.06. The Morgan fingerprint density at radius 3 is 2.53 bits per heavy atom. The van der Waals surface area contributed by atoms with E-state index in [1.54, 1.807) is 0 Å². The van der Waals surface area contributed by atoms with Gasteiger partial charge in [0.05, 0.1) is 0 Å². The average molecular weight is 239 g/mol. The van der Waals surface area contributed by atoms with E-state index >= 15 is 0 Å². The van der Waals surface area contributed by atoms with Gasteiger partial charge in [-0.05, 0) is 18.9 Å². The van der Waals surface area contributed by atoms with E-state index in [1.165, 1.54) is 84.3 Å². The zero-order chi connectivity index (χ0) is 11.8. The molecule has 2 rings (SSSR count). The average Bonchev–Trinajstić information content (AvgIpc) is 2.41. The van der Waals surface area contributed by atoms with Crippen LogP contribution >= 0.6 is 0 Å². The fourth-order valence-electron chi connectivity index (χ4n) is 3.08. The molecule has 1 saturated heterocycles. The lowest BCUT2D eigenvalue weighted by atomic mass is 9.87. The quantitative estimate of drug-likeness (QED) is 0.687. The number of nitrogens with one attached hydrogen (secondary N) is 2. The Bertz CT molecular complexity index is 164. The van der Waals surface area contributed by atoms with Crippen molar-refractivity contribution in [1.29, 1.82) is 0 Å². The third-order valence-electron chi connectivity index (χ3n) is 4.27. The van der Waals surface area contributed by atoms with E-state index in [0.717, 1.165) is 5.92 Å². The summed E-state index contributed by atoms with van der Waals surface area (Å²) < 4.78 is 0. The van der Waals surface area contributed by atoms with Crippen LogP contribution in [-0.2, 0) is 0 Å². The summed E-state index contributed by atoms with van der Waals surface area (Å²) in [6, 6.07) is 0. The predicted octanol–water partition coefficient (Wildman–Crippen LogP) is 1.45. The van der Waals surface area contributed by atoms with Gasteiger partial charge in [-0.3, -0.25) is 4.90 Å². The topological polar surface area (TPSA) is 27.3 Å². The summed E-state index contributed by atoms with van der Waals surface area (Å²) in [7, 11) is 0. The molecule has 0 amide bonds. The van der Waals surface area contributed by atoms with Crippen LogP contribution in [0.3, 0.4) is 0 Å². The first kappa shape index (κ1) is 13.3. The summed E-state index contributed by atoms with van der Waals surface area (Å²) in [5.41, 5.74) is 0. The van der Waals surface area contributed by atoms with Gasteiger partial charge in [0.15, 0.2) is 0 Å². The molecule has 0 unspecified atom stereocenters. The molecule has 1 heterocycles. The van der Waals surface area contributed by atoms with Crippen molar-refractivity contribution in [3.05, 3.63) is 0 Å². The molecule has 0 aromatic carbocycles. The first-order valence-corrected chi connectivity index (χ1v) is 7.59. The van der Waals surface area contributed by atoms with Gasteiger partial charge in [-0.25, -0.2) is 0 Å². The molecule has 0 aromatic heterocycles. The molecular formula is C14H29N3. The van der Waals surface area contributed by atoms with Crippen molar-refractivity contribution < 1.29 is 0 Å². The monoisotopic (exact) mass is 239 g/mol. The highest BCUT2D eigenvalue weighted by Gasteiger charge is 2.12. The highest BCUT2D eigenvalue weighted by atomic mass is 15.2. The summed E-state index contributed by atoms with van der Waals surface area (Å²) in [5.74, 6) is 1.02. The molecule has 2 fully saturated rings. The van der Waals surface area contributed by atoms with Gasteiger partial charge in [0.2, 0.25) is 0 Å². The molecule has 2 aliphatic rings. The molecule has 3 heteroatoms. The fraction of sp³-hybridized carbons (Fsp3) is 1.00. The lowest BCUT2D eigenvalue weighted by molar-refractivity contribution is 0.239. The van der Waals surface area contributed by atoms with Crippen molar-refractivity contribution in [2.75, 3.05) is 45.8 Å². The minimum absolute atomic E-state index is 1.02. The van der Waals surface area contributed by atoms with Gasteiger partial charge in [0.25, 0.3) is 0 Å². The van der Waals surface area contributed by atoms with Crippen LogP contribution in [0.4, 0.5) is 0 Å². The lowest BCUT2D eigenvalue weighted by Crippen LogP contribution is -2.45. The molecule has 0 atom stereocenters. The molecular weight excluding hydrogens is 210 g/mol. The van der Waals surface area contributed by atoms with Crippen LogP contribution in [0.15, 0.2) is 0 Å². The molecule has 1 aliphatic heterocycles. The molecule has 1 saturated carbocycles. The van der Waals surface area contributed by atoms with Gasteiger partial charge in [0, 0.05) is 39.3 Å². The van der Waals surface area contributed by atoms with Crippen LogP contribution in [0.5, 0.6) is 0 Å². The van der Waals surface area contributed by atoms with E-state index < -0.39 is 0 Å². The summed E-state index contributed by atoms with van der Waals surface area (Å²) in [6.45, 7) is 8.43. The first-order chi connectivity index (χ1) is 8.45. The number of rotatable bonds is 6. The van der Waals surface area contributed by atoms with Crippen LogP contribution in [0.25, 0.3) is 0 Å². The molecule has 2 N–H and O–H groups in total. The summed E-state index contributed by atoms with van der Waals surface area (Å²) >= 11 is 0. The first-order valence-electron chi connectivity index (χ1n) is 7.59. The van der Waals surface area contributed by atoms with Crippen LogP contribution in [0.2, 0.25) is 0 Å². The molecule has 1 aliphatic carbocycles. The molecule has 17 heavy (non-hydrogen) atoms. The molecule has 3 nitrogen and oxygen atoms in total. The SMILES string of the molecule is C1CCC(CCNCCN2CCNCC2)CC1. The molecule has 100 valence electrons. The van der Waals surface area contributed by atoms with Gasteiger partial charge < -0.3 is 10.6 Å². The smallest absolute Gasteiger partial charge is 0.0108 e. The summed E-state index contributed by atoms with van der Waals surface area (Å²) in [5, 5.41) is 7.02. The Balaban J connectivity index is 1.42. The number of hydrogen-bond donors (Lipinski definition) is 2. The third-order valence-corrected chi connectivity index (χ3v) is 4.27. The van der Waals surface area contributed by atoms with Crippen molar-refractivity contribution in [2.45, 2.75) is 38.5 Å². The van der Waals surface area contributed by atoms with Gasteiger partial charge in [-0.2, -0.15) is 0 Å². The molecule has 0 aromatic rings. The largest absolute Gasteiger partial charge is 0.315 e. The van der Waals surface area contributed by atoms with E-state index in [0.29, 0.717) is 0 Å². The second-order valence-electron chi connectivity index (χ2n) is 5.63. The van der Waals surface area contributed by atoms with E-state index in [9.17, 15) is 0 Å². The lowest BCUT2D eigenvalue weighted by Gasteiger charge is -2.27. The van der Waals surface area contributed by atoms with Crippen molar-refractivity contribution in [1.82, 2.24) is 15.5 Å². The minimum Gasteiger partial charge on any atom is -0.315 e. The predicted molar refractivity (Wildman–Crippen MR) is 73.4 cm³/mol. The van der Waals surface area contributed by atoms with Crippen molar-refractivity contribution >= 4 is 0 Å². The van der Waals surface area contributed by atoms with Gasteiger partial charge in [-0.15, -0.1) is 0 Å². The highest BCUT2D eigenvalue weighted by Crippen LogP contribution is 2.25. The Labute approximate surface area is 106 Å². The van der Waals surface area contributed by atoms with Crippen LogP contribution in [0, 0.1) is 5.92 Å². The highest BCUT2D eigenvalue weighted by molar-refractivity contribution is 4.69. The van der Waals surface area contributed by atoms with E-state index in [4.69, 9.17) is 0 Å². The number of piperazine rings is 1. The van der Waals surface area contributed by atoms with Gasteiger partial charge >= 0.3 is 0 Å². The Morgan fingerprint density at radius 2 is 1.76 bits per heavy atom. The van der Waals surface area contributed by atoms with E-state index in [-0.39, 0.29) is 0 Å². The van der Waals surface area contributed by atoms with Crippen LogP contribution in [-0.4, -0.2) is 50.7 Å². The second-order valence-corrected chi connectivity index (χ2v) is 5.63. The Hall–Kier alpha value is -0.120. The third kappa shape index (κ3) is 5.36. The van der Waals surface area contributed by atoms with Crippen LogP contribution < -0.4 is 10.6 Å². The van der Waals surface area contributed by atoms with E-state index in [1.807, 2.05) is 0 Å². The molecule has 0 bridgehead atoms. The minimum atomic E-state index is 1.02. The van der Waals surface area contributed by atoms with Crippen LogP contribution in [0.1, 0.15) is 38.5 Å². The number of nitrogens with zero attached hydrogens (tertiary/aromatic N) is 1. The molecule has 0 radical (unpaired) electrons.